The third kappa shape index (κ3) is 3.83. The monoisotopic (exact) mass is 532 g/mol. The average molecular weight is 533 g/mol. The van der Waals surface area contributed by atoms with E-state index in [0.717, 1.165) is 35.2 Å². The number of pyridine rings is 1. The minimum atomic E-state index is -0.168. The zero-order valence-corrected chi connectivity index (χ0v) is 20.9. The molecule has 2 bridgehead atoms. The molecule has 2 atom stereocenters. The number of aromatic nitrogens is 1. The molecule has 3 aromatic rings. The Morgan fingerprint density at radius 1 is 1.11 bits per heavy atom. The molecule has 3 aliphatic heterocycles. The molecule has 4 heterocycles. The van der Waals surface area contributed by atoms with Crippen molar-refractivity contribution in [2.75, 3.05) is 13.1 Å². The predicted molar refractivity (Wildman–Crippen MR) is 137 cm³/mol. The summed E-state index contributed by atoms with van der Waals surface area (Å²) >= 11 is 3.53. The normalized spacial score (nSPS) is 22.1. The van der Waals surface area contributed by atoms with Crippen molar-refractivity contribution in [3.05, 3.63) is 97.1 Å². The first kappa shape index (κ1) is 22.3. The molecule has 0 saturated carbocycles. The quantitative estimate of drug-likeness (QED) is 0.487. The Morgan fingerprint density at radius 3 is 2.77 bits per heavy atom. The molecule has 3 aliphatic rings. The van der Waals surface area contributed by atoms with Gasteiger partial charge in [-0.3, -0.25) is 14.5 Å². The number of phenols is 1. The van der Waals surface area contributed by atoms with Gasteiger partial charge in [-0.15, -0.1) is 0 Å². The molecule has 178 valence electrons. The van der Waals surface area contributed by atoms with Crippen molar-refractivity contribution in [1.82, 2.24) is 9.47 Å². The fourth-order valence-electron chi connectivity index (χ4n) is 5.81. The molecule has 1 saturated heterocycles. The number of aryl methyl sites for hydroxylation is 1. The number of rotatable bonds is 3. The summed E-state index contributed by atoms with van der Waals surface area (Å²) in [5, 5.41) is 10.9. The summed E-state index contributed by atoms with van der Waals surface area (Å²) in [6.45, 7) is 4.63. The van der Waals surface area contributed by atoms with Crippen LogP contribution in [0.15, 0.2) is 63.6 Å². The second-order valence-electron chi connectivity index (χ2n) is 9.75. The number of carbonyl (C=O) groups excluding carboxylic acids is 1. The number of ketones is 1. The summed E-state index contributed by atoms with van der Waals surface area (Å²) in [6, 6.07) is 14.8. The Bertz CT molecular complexity index is 1460. The number of hydrogen-bond acceptors (Lipinski definition) is 5. The molecule has 6 rings (SSSR count). The van der Waals surface area contributed by atoms with E-state index in [4.69, 9.17) is 4.74 Å². The van der Waals surface area contributed by atoms with E-state index in [0.29, 0.717) is 41.4 Å². The lowest BCUT2D eigenvalue weighted by atomic mass is 9.83. The zero-order valence-electron chi connectivity index (χ0n) is 19.3. The number of nitrogens with zero attached hydrogens (tertiary/aromatic N) is 2. The molecule has 1 N–H and O–H groups in total. The number of phenolic OH excluding ortho intramolecular Hbond substituents is 1. The molecule has 6 nitrogen and oxygen atoms in total. The van der Waals surface area contributed by atoms with E-state index in [1.165, 1.54) is 0 Å². The van der Waals surface area contributed by atoms with Gasteiger partial charge in [0.15, 0.2) is 5.76 Å². The summed E-state index contributed by atoms with van der Waals surface area (Å²) in [5.74, 6) is 1.33. The molecule has 2 aromatic carbocycles. The van der Waals surface area contributed by atoms with Gasteiger partial charge in [0, 0.05) is 48.3 Å². The first-order chi connectivity index (χ1) is 16.9. The Labute approximate surface area is 211 Å². The lowest BCUT2D eigenvalue weighted by molar-refractivity contribution is 0.101. The van der Waals surface area contributed by atoms with E-state index in [2.05, 4.69) is 20.8 Å². The van der Waals surface area contributed by atoms with Gasteiger partial charge in [-0.1, -0.05) is 40.2 Å². The van der Waals surface area contributed by atoms with Crippen LogP contribution in [-0.2, 0) is 13.1 Å². The van der Waals surface area contributed by atoms with Crippen LogP contribution in [0.4, 0.5) is 0 Å². The van der Waals surface area contributed by atoms with Crippen LogP contribution in [0.1, 0.15) is 45.1 Å². The number of aromatic hydroxyl groups is 1. The highest BCUT2D eigenvalue weighted by Gasteiger charge is 2.37. The lowest BCUT2D eigenvalue weighted by Gasteiger charge is -2.43. The van der Waals surface area contributed by atoms with Gasteiger partial charge in [0.2, 0.25) is 5.78 Å². The SMILES string of the molecule is Cc1cc(O)c(CN2C[C@H]3C[C@@H](C2)c2cccc(=O)n2C3)c2c1C(=O)/C(=C/c1ccccc1Br)O2. The topological polar surface area (TPSA) is 71.8 Å². The van der Waals surface area contributed by atoms with Crippen LogP contribution in [0, 0.1) is 12.8 Å². The zero-order chi connectivity index (χ0) is 24.3. The van der Waals surface area contributed by atoms with Crippen LogP contribution >= 0.6 is 15.9 Å². The third-order valence-corrected chi connectivity index (χ3v) is 8.07. The Morgan fingerprint density at radius 2 is 1.94 bits per heavy atom. The summed E-state index contributed by atoms with van der Waals surface area (Å²) in [4.78, 5) is 27.9. The summed E-state index contributed by atoms with van der Waals surface area (Å²) in [6.07, 6.45) is 2.80. The fraction of sp³-hybridized carbons (Fsp3) is 0.286. The maximum absolute atomic E-state index is 13.3. The van der Waals surface area contributed by atoms with Crippen molar-refractivity contribution >= 4 is 27.8 Å². The lowest BCUT2D eigenvalue weighted by Crippen LogP contribution is -2.46. The molecule has 0 radical (unpaired) electrons. The van der Waals surface area contributed by atoms with Gasteiger partial charge in [0.25, 0.3) is 5.56 Å². The number of carbonyl (C=O) groups is 1. The van der Waals surface area contributed by atoms with Gasteiger partial charge >= 0.3 is 0 Å². The second-order valence-corrected chi connectivity index (χ2v) is 10.6. The maximum Gasteiger partial charge on any atom is 0.250 e. The standard InChI is InChI=1S/C28H25BrN2O4/c1-16-9-23(32)20(28-26(16)27(34)24(35-28)11-18-5-2-3-6-21(18)29)15-30-12-17-10-19(14-30)22-7-4-8-25(33)31(22)13-17/h2-9,11,17,19,32H,10,12-15H2,1H3/b24-11-/t17-,19+/m1/s1. The van der Waals surface area contributed by atoms with Crippen molar-refractivity contribution in [3.63, 3.8) is 0 Å². The molecule has 0 aliphatic carbocycles. The number of allylic oxidation sites excluding steroid dienone is 1. The van der Waals surface area contributed by atoms with Crippen molar-refractivity contribution in [2.24, 2.45) is 5.92 Å². The first-order valence-corrected chi connectivity index (χ1v) is 12.6. The van der Waals surface area contributed by atoms with Crippen LogP contribution in [0.25, 0.3) is 6.08 Å². The van der Waals surface area contributed by atoms with Gasteiger partial charge in [-0.25, -0.2) is 0 Å². The minimum Gasteiger partial charge on any atom is -0.507 e. The van der Waals surface area contributed by atoms with Gasteiger partial charge in [0.05, 0.1) is 11.1 Å². The molecule has 0 amide bonds. The maximum atomic E-state index is 13.3. The van der Waals surface area contributed by atoms with Crippen molar-refractivity contribution in [3.8, 4) is 11.5 Å². The largest absolute Gasteiger partial charge is 0.507 e. The molecular weight excluding hydrogens is 508 g/mol. The fourth-order valence-corrected chi connectivity index (χ4v) is 6.21. The van der Waals surface area contributed by atoms with Crippen LogP contribution < -0.4 is 10.3 Å². The average Bonchev–Trinajstić information content (AvgIpc) is 3.15. The van der Waals surface area contributed by atoms with Crippen LogP contribution in [0.2, 0.25) is 0 Å². The van der Waals surface area contributed by atoms with Crippen LogP contribution in [0.3, 0.4) is 0 Å². The third-order valence-electron chi connectivity index (χ3n) is 7.35. The number of likely N-dealkylation sites (tertiary alicyclic amines) is 1. The predicted octanol–water partition coefficient (Wildman–Crippen LogP) is 4.86. The number of piperidine rings is 1. The number of Topliss-reactive ketones (excluding diaryl/α,β-unsaturated/α-hetero) is 1. The van der Waals surface area contributed by atoms with Gasteiger partial charge in [-0.2, -0.15) is 0 Å². The summed E-state index contributed by atoms with van der Waals surface area (Å²) in [5.41, 5.74) is 3.86. The number of benzene rings is 2. The second kappa shape index (κ2) is 8.50. The Kier molecular flexibility index (Phi) is 5.42. The van der Waals surface area contributed by atoms with E-state index in [-0.39, 0.29) is 28.8 Å². The van der Waals surface area contributed by atoms with Crippen LogP contribution in [0.5, 0.6) is 11.5 Å². The molecule has 1 fully saturated rings. The smallest absolute Gasteiger partial charge is 0.250 e. The van der Waals surface area contributed by atoms with Gasteiger partial charge in [-0.05, 0) is 54.7 Å². The highest BCUT2D eigenvalue weighted by molar-refractivity contribution is 9.10. The Balaban J connectivity index is 1.32. The molecule has 35 heavy (non-hydrogen) atoms. The minimum absolute atomic E-state index is 0.0657. The molecule has 7 heteroatoms. The molecule has 1 aromatic heterocycles. The van der Waals surface area contributed by atoms with Crippen LogP contribution in [-0.4, -0.2) is 33.4 Å². The highest BCUT2D eigenvalue weighted by Crippen LogP contribution is 2.44. The molecule has 0 spiro atoms. The number of fused-ring (bicyclic) bond motifs is 5. The van der Waals surface area contributed by atoms with E-state index in [1.54, 1.807) is 18.2 Å². The number of ether oxygens (including phenoxy) is 1. The van der Waals surface area contributed by atoms with Crippen molar-refractivity contribution < 1.29 is 14.6 Å². The molecular formula is C28H25BrN2O4. The number of halogens is 1. The van der Waals surface area contributed by atoms with Gasteiger partial charge in [0.1, 0.15) is 11.5 Å². The van der Waals surface area contributed by atoms with E-state index in [1.807, 2.05) is 47.9 Å². The van der Waals surface area contributed by atoms with E-state index in [9.17, 15) is 14.7 Å². The van der Waals surface area contributed by atoms with Gasteiger partial charge < -0.3 is 14.4 Å². The Hall–Kier alpha value is -3.16. The summed E-state index contributed by atoms with van der Waals surface area (Å²) in [7, 11) is 0. The molecule has 0 unspecified atom stereocenters. The van der Waals surface area contributed by atoms with Crippen molar-refractivity contribution in [1.29, 1.82) is 0 Å². The first-order valence-electron chi connectivity index (χ1n) is 11.9. The highest BCUT2D eigenvalue weighted by atomic mass is 79.9. The van der Waals surface area contributed by atoms with E-state index < -0.39 is 0 Å². The summed E-state index contributed by atoms with van der Waals surface area (Å²) < 4.78 is 8.93. The van der Waals surface area contributed by atoms with Crippen molar-refractivity contribution in [2.45, 2.75) is 32.4 Å². The van der Waals surface area contributed by atoms with E-state index >= 15 is 0 Å². The number of hydrogen-bond donors (Lipinski definition) is 1.